The zero-order valence-electron chi connectivity index (χ0n) is 8.44. The van der Waals surface area contributed by atoms with E-state index >= 15 is 0 Å². The molecule has 1 atom stereocenters. The third-order valence-electron chi connectivity index (χ3n) is 2.79. The molecule has 0 saturated carbocycles. The number of rotatable bonds is 3. The van der Waals surface area contributed by atoms with Crippen LogP contribution in [0.1, 0.15) is 19.3 Å². The minimum Gasteiger partial charge on any atom is -0.373 e. The van der Waals surface area contributed by atoms with E-state index in [-0.39, 0.29) is 0 Å². The Bertz CT molecular complexity index is 262. The van der Waals surface area contributed by atoms with E-state index in [4.69, 9.17) is 0 Å². The molecule has 1 aliphatic rings. The molecule has 0 aliphatic carbocycles. The van der Waals surface area contributed by atoms with Gasteiger partial charge in [-0.05, 0) is 26.4 Å². The van der Waals surface area contributed by atoms with Gasteiger partial charge in [-0.2, -0.15) is 0 Å². The van der Waals surface area contributed by atoms with Crippen molar-refractivity contribution in [1.29, 1.82) is 0 Å². The molecule has 1 aromatic heterocycles. The lowest BCUT2D eigenvalue weighted by Gasteiger charge is -2.32. The predicted molar refractivity (Wildman–Crippen MR) is 58.7 cm³/mol. The first-order valence-corrected chi connectivity index (χ1v) is 5.85. The Hall–Kier alpha value is -0.680. The fraction of sp³-hybridized carbons (Fsp3) is 0.778. The van der Waals surface area contributed by atoms with Crippen molar-refractivity contribution >= 4 is 16.5 Å². The van der Waals surface area contributed by atoms with Crippen molar-refractivity contribution in [1.82, 2.24) is 14.5 Å². The van der Waals surface area contributed by atoms with E-state index in [1.165, 1.54) is 37.3 Å². The molecule has 1 saturated heterocycles. The Morgan fingerprint density at radius 1 is 1.64 bits per heavy atom. The number of likely N-dealkylation sites (tertiary alicyclic amines) is 1. The number of hydrogen-bond donors (Lipinski definition) is 1. The molecule has 2 rings (SSSR count). The second-order valence-electron chi connectivity index (χ2n) is 3.79. The Labute approximate surface area is 88.5 Å². The number of nitrogens with zero attached hydrogens (tertiary/aromatic N) is 3. The Morgan fingerprint density at radius 2 is 2.57 bits per heavy atom. The van der Waals surface area contributed by atoms with Gasteiger partial charge >= 0.3 is 0 Å². The molecule has 1 unspecified atom stereocenters. The minimum absolute atomic E-state index is 0.672. The van der Waals surface area contributed by atoms with Crippen molar-refractivity contribution in [3.8, 4) is 0 Å². The Kier molecular flexibility index (Phi) is 3.31. The van der Waals surface area contributed by atoms with Gasteiger partial charge in [0.15, 0.2) is 0 Å². The summed E-state index contributed by atoms with van der Waals surface area (Å²) in [5.74, 6) is 0. The van der Waals surface area contributed by atoms with Gasteiger partial charge in [-0.25, -0.2) is 0 Å². The summed E-state index contributed by atoms with van der Waals surface area (Å²) in [6.45, 7) is 2.24. The first-order chi connectivity index (χ1) is 6.86. The van der Waals surface area contributed by atoms with Gasteiger partial charge in [0.05, 0.1) is 6.20 Å². The minimum atomic E-state index is 0.672. The van der Waals surface area contributed by atoms with E-state index in [2.05, 4.69) is 26.9 Å². The van der Waals surface area contributed by atoms with Crippen LogP contribution in [-0.4, -0.2) is 40.7 Å². The van der Waals surface area contributed by atoms with Crippen LogP contribution in [0.2, 0.25) is 0 Å². The number of aromatic nitrogens is 2. The first kappa shape index (κ1) is 9.86. The highest BCUT2D eigenvalue weighted by Gasteiger charge is 2.18. The molecule has 0 bridgehead atoms. The maximum Gasteiger partial charge on any atom is 0.130 e. The summed E-state index contributed by atoms with van der Waals surface area (Å²) in [4.78, 5) is 2.44. The standard InChI is InChI=1S/C9H16N4S/c1-13-5-3-2-4-8(13)6-10-9-7-11-12-14-9/h7-8,10H,2-6H2,1H3. The largest absolute Gasteiger partial charge is 0.373 e. The molecule has 1 fully saturated rings. The van der Waals surface area contributed by atoms with Crippen LogP contribution in [0.25, 0.3) is 0 Å². The van der Waals surface area contributed by atoms with E-state index in [1.54, 1.807) is 6.20 Å². The van der Waals surface area contributed by atoms with E-state index in [9.17, 15) is 0 Å². The summed E-state index contributed by atoms with van der Waals surface area (Å²) in [6.07, 6.45) is 5.79. The highest BCUT2D eigenvalue weighted by atomic mass is 32.1. The molecular weight excluding hydrogens is 196 g/mol. The van der Waals surface area contributed by atoms with Crippen LogP contribution in [0, 0.1) is 0 Å². The Balaban J connectivity index is 1.79. The van der Waals surface area contributed by atoms with Crippen molar-refractivity contribution in [2.75, 3.05) is 25.5 Å². The summed E-state index contributed by atoms with van der Waals surface area (Å²) in [5.41, 5.74) is 0. The number of piperidine rings is 1. The lowest BCUT2D eigenvalue weighted by molar-refractivity contribution is 0.195. The van der Waals surface area contributed by atoms with Crippen LogP contribution in [0.15, 0.2) is 6.20 Å². The van der Waals surface area contributed by atoms with Gasteiger partial charge in [-0.1, -0.05) is 10.9 Å². The second-order valence-corrected chi connectivity index (χ2v) is 4.58. The zero-order chi connectivity index (χ0) is 9.80. The first-order valence-electron chi connectivity index (χ1n) is 5.08. The number of hydrogen-bond acceptors (Lipinski definition) is 5. The molecule has 5 heteroatoms. The average molecular weight is 212 g/mol. The van der Waals surface area contributed by atoms with E-state index in [0.717, 1.165) is 11.5 Å². The smallest absolute Gasteiger partial charge is 0.130 e. The fourth-order valence-corrected chi connectivity index (χ4v) is 2.29. The lowest BCUT2D eigenvalue weighted by atomic mass is 10.0. The lowest BCUT2D eigenvalue weighted by Crippen LogP contribution is -2.40. The van der Waals surface area contributed by atoms with Gasteiger partial charge in [0, 0.05) is 24.1 Å². The van der Waals surface area contributed by atoms with E-state index < -0.39 is 0 Å². The van der Waals surface area contributed by atoms with Gasteiger partial charge in [-0.15, -0.1) is 5.10 Å². The average Bonchev–Trinajstić information content (AvgIpc) is 2.69. The van der Waals surface area contributed by atoms with Crippen molar-refractivity contribution < 1.29 is 0 Å². The van der Waals surface area contributed by atoms with Crippen LogP contribution in [0.4, 0.5) is 5.00 Å². The van der Waals surface area contributed by atoms with Crippen molar-refractivity contribution in [3.63, 3.8) is 0 Å². The summed E-state index contributed by atoms with van der Waals surface area (Å²) < 4.78 is 3.82. The maximum absolute atomic E-state index is 3.82. The predicted octanol–water partition coefficient (Wildman–Crippen LogP) is 1.43. The van der Waals surface area contributed by atoms with Gasteiger partial charge in [0.2, 0.25) is 0 Å². The topological polar surface area (TPSA) is 41.0 Å². The molecule has 1 N–H and O–H groups in total. The molecule has 2 heterocycles. The van der Waals surface area contributed by atoms with Crippen molar-refractivity contribution in [2.45, 2.75) is 25.3 Å². The number of nitrogens with one attached hydrogen (secondary N) is 1. The third kappa shape index (κ3) is 2.42. The van der Waals surface area contributed by atoms with Gasteiger partial charge in [0.1, 0.15) is 5.00 Å². The third-order valence-corrected chi connectivity index (χ3v) is 3.42. The van der Waals surface area contributed by atoms with Crippen LogP contribution in [-0.2, 0) is 0 Å². The SMILES string of the molecule is CN1CCCCC1CNc1cnns1. The quantitative estimate of drug-likeness (QED) is 0.823. The molecule has 0 spiro atoms. The maximum atomic E-state index is 3.82. The molecule has 78 valence electrons. The highest BCUT2D eigenvalue weighted by molar-refractivity contribution is 7.09. The Morgan fingerprint density at radius 3 is 3.29 bits per heavy atom. The summed E-state index contributed by atoms with van der Waals surface area (Å²) in [6, 6.07) is 0.672. The van der Waals surface area contributed by atoms with Crippen molar-refractivity contribution in [2.24, 2.45) is 0 Å². The molecule has 0 aromatic carbocycles. The molecular formula is C9H16N4S. The van der Waals surface area contributed by atoms with Crippen molar-refractivity contribution in [3.05, 3.63) is 6.20 Å². The molecule has 0 amide bonds. The zero-order valence-corrected chi connectivity index (χ0v) is 9.26. The monoisotopic (exact) mass is 212 g/mol. The van der Waals surface area contributed by atoms with Gasteiger partial charge in [-0.3, -0.25) is 0 Å². The summed E-state index contributed by atoms with van der Waals surface area (Å²) in [5, 5.41) is 8.25. The van der Waals surface area contributed by atoms with Crippen LogP contribution >= 0.6 is 11.5 Å². The summed E-state index contributed by atoms with van der Waals surface area (Å²) >= 11 is 1.42. The van der Waals surface area contributed by atoms with Gasteiger partial charge < -0.3 is 10.2 Å². The molecule has 0 radical (unpaired) electrons. The molecule has 1 aliphatic heterocycles. The van der Waals surface area contributed by atoms with Crippen LogP contribution in [0.5, 0.6) is 0 Å². The van der Waals surface area contributed by atoms with Gasteiger partial charge in [0.25, 0.3) is 0 Å². The van der Waals surface area contributed by atoms with Crippen LogP contribution in [0.3, 0.4) is 0 Å². The number of anilines is 1. The van der Waals surface area contributed by atoms with E-state index in [1.807, 2.05) is 0 Å². The molecule has 4 nitrogen and oxygen atoms in total. The molecule has 14 heavy (non-hydrogen) atoms. The second kappa shape index (κ2) is 4.70. The summed E-state index contributed by atoms with van der Waals surface area (Å²) in [7, 11) is 2.20. The number of likely N-dealkylation sites (N-methyl/N-ethyl adjacent to an activating group) is 1. The highest BCUT2D eigenvalue weighted by Crippen LogP contribution is 2.16. The molecule has 1 aromatic rings. The van der Waals surface area contributed by atoms with E-state index in [0.29, 0.717) is 6.04 Å². The fourth-order valence-electron chi connectivity index (χ4n) is 1.87. The van der Waals surface area contributed by atoms with Crippen LogP contribution < -0.4 is 5.32 Å². The normalized spacial score (nSPS) is 23.6.